The van der Waals surface area contributed by atoms with Gasteiger partial charge < -0.3 is 14.6 Å². The fourth-order valence-electron chi connectivity index (χ4n) is 1.53. The van der Waals surface area contributed by atoms with Crippen LogP contribution in [0.2, 0.25) is 0 Å². The zero-order valence-electron chi connectivity index (χ0n) is 11.2. The molecule has 20 heavy (non-hydrogen) atoms. The number of carbonyl (C=O) groups is 1. The van der Waals surface area contributed by atoms with Gasteiger partial charge in [-0.05, 0) is 24.6 Å². The van der Waals surface area contributed by atoms with Gasteiger partial charge in [0.15, 0.2) is 9.84 Å². The first-order chi connectivity index (χ1) is 9.44. The van der Waals surface area contributed by atoms with E-state index in [0.29, 0.717) is 18.8 Å². The van der Waals surface area contributed by atoms with Gasteiger partial charge in [0.05, 0.1) is 17.1 Å². The van der Waals surface area contributed by atoms with Gasteiger partial charge in [-0.15, -0.1) is 0 Å². The summed E-state index contributed by atoms with van der Waals surface area (Å²) in [6.45, 7) is 0.402. The molecule has 1 aromatic carbocycles. The van der Waals surface area contributed by atoms with E-state index >= 15 is 0 Å². The molecule has 0 bridgehead atoms. The van der Waals surface area contributed by atoms with E-state index in [2.05, 4.69) is 0 Å². The van der Waals surface area contributed by atoms with E-state index in [4.69, 9.17) is 14.6 Å². The van der Waals surface area contributed by atoms with Crippen LogP contribution in [0, 0.1) is 0 Å². The highest BCUT2D eigenvalue weighted by Crippen LogP contribution is 2.13. The van der Waals surface area contributed by atoms with Gasteiger partial charge in [0.25, 0.3) is 0 Å². The lowest BCUT2D eigenvalue weighted by molar-refractivity contribution is 0.0696. The number of hydrogen-bond donors (Lipinski definition) is 1. The third kappa shape index (κ3) is 6.03. The average molecular weight is 302 g/mol. The minimum atomic E-state index is -3.17. The molecule has 0 aliphatic rings. The van der Waals surface area contributed by atoms with E-state index in [0.717, 1.165) is 0 Å². The highest BCUT2D eigenvalue weighted by molar-refractivity contribution is 7.91. The average Bonchev–Trinajstić information content (AvgIpc) is 2.39. The highest BCUT2D eigenvalue weighted by Gasteiger charge is 2.11. The normalized spacial score (nSPS) is 11.2. The molecule has 112 valence electrons. The molecule has 1 N–H and O–H groups in total. The minimum absolute atomic E-state index is 0.00160. The van der Waals surface area contributed by atoms with Crippen molar-refractivity contribution in [3.8, 4) is 5.75 Å². The molecule has 0 fully saturated rings. The molecule has 1 aromatic rings. The number of sulfone groups is 1. The molecular formula is C13H18O6S. The van der Waals surface area contributed by atoms with Gasteiger partial charge in [0.1, 0.15) is 12.4 Å². The molecule has 0 atom stereocenters. The van der Waals surface area contributed by atoms with Crippen LogP contribution in [0.3, 0.4) is 0 Å². The third-order valence-corrected chi connectivity index (χ3v) is 4.25. The number of hydrogen-bond acceptors (Lipinski definition) is 5. The molecule has 0 spiro atoms. The monoisotopic (exact) mass is 302 g/mol. The summed E-state index contributed by atoms with van der Waals surface area (Å²) in [4.78, 5) is 10.8. The Morgan fingerprint density at radius 1 is 1.25 bits per heavy atom. The van der Waals surface area contributed by atoms with E-state index in [1.807, 2.05) is 0 Å². The van der Waals surface area contributed by atoms with Crippen molar-refractivity contribution in [1.82, 2.24) is 0 Å². The summed E-state index contributed by atoms with van der Waals surface area (Å²) >= 11 is 0. The maximum Gasteiger partial charge on any atom is 0.335 e. The molecule has 7 heteroatoms. The van der Waals surface area contributed by atoms with Gasteiger partial charge in [-0.3, -0.25) is 0 Å². The second-order valence-electron chi connectivity index (χ2n) is 4.18. The van der Waals surface area contributed by atoms with Gasteiger partial charge in [0, 0.05) is 13.7 Å². The Labute approximate surface area is 118 Å². The highest BCUT2D eigenvalue weighted by atomic mass is 32.2. The Morgan fingerprint density at radius 3 is 2.65 bits per heavy atom. The van der Waals surface area contributed by atoms with Crippen LogP contribution in [-0.2, 0) is 14.6 Å². The molecule has 6 nitrogen and oxygen atoms in total. The summed E-state index contributed by atoms with van der Waals surface area (Å²) in [5.41, 5.74) is 0.102. The predicted molar refractivity (Wildman–Crippen MR) is 74.0 cm³/mol. The standard InChI is InChI=1S/C13H18O6S/c1-18-6-3-8-20(16,17)9-7-19-12-5-2-4-11(10-12)13(14)15/h2,4-5,10H,3,6-9H2,1H3,(H,14,15). The second-order valence-corrected chi connectivity index (χ2v) is 6.48. The van der Waals surface area contributed by atoms with E-state index < -0.39 is 15.8 Å². The molecule has 0 heterocycles. The van der Waals surface area contributed by atoms with Crippen LogP contribution in [0.1, 0.15) is 16.8 Å². The Morgan fingerprint density at radius 2 is 2.00 bits per heavy atom. The summed E-state index contributed by atoms with van der Waals surface area (Å²) < 4.78 is 33.3. The van der Waals surface area contributed by atoms with Crippen LogP contribution in [0.15, 0.2) is 24.3 Å². The predicted octanol–water partition coefficient (Wildman–Crippen LogP) is 1.21. The van der Waals surface area contributed by atoms with Crippen molar-refractivity contribution in [3.05, 3.63) is 29.8 Å². The summed E-state index contributed by atoms with van der Waals surface area (Å²) in [5, 5.41) is 8.82. The van der Waals surface area contributed by atoms with E-state index in [1.54, 1.807) is 12.1 Å². The van der Waals surface area contributed by atoms with Crippen LogP contribution in [0.25, 0.3) is 0 Å². The fourth-order valence-corrected chi connectivity index (χ4v) is 2.63. The first-order valence-corrected chi connectivity index (χ1v) is 7.92. The summed E-state index contributed by atoms with van der Waals surface area (Å²) in [7, 11) is -1.65. The van der Waals surface area contributed by atoms with Crippen molar-refractivity contribution < 1.29 is 27.8 Å². The maximum absolute atomic E-state index is 11.6. The summed E-state index contributed by atoms with van der Waals surface area (Å²) in [5.74, 6) is -0.757. The first kappa shape index (κ1) is 16.5. The lowest BCUT2D eigenvalue weighted by Crippen LogP contribution is -2.18. The molecule has 0 aliphatic heterocycles. The van der Waals surface area contributed by atoms with Crippen LogP contribution >= 0.6 is 0 Å². The molecule has 1 rings (SSSR count). The lowest BCUT2D eigenvalue weighted by Gasteiger charge is -2.07. The Bertz CT molecular complexity index is 538. The summed E-state index contributed by atoms with van der Waals surface area (Å²) in [6.07, 6.45) is 0.452. The number of ether oxygens (including phenoxy) is 2. The number of aromatic carboxylic acids is 1. The third-order valence-electron chi connectivity index (χ3n) is 2.55. The lowest BCUT2D eigenvalue weighted by atomic mass is 10.2. The van der Waals surface area contributed by atoms with Crippen molar-refractivity contribution in [1.29, 1.82) is 0 Å². The molecule has 0 saturated heterocycles. The van der Waals surface area contributed by atoms with Gasteiger partial charge in [0.2, 0.25) is 0 Å². The summed E-state index contributed by atoms with van der Waals surface area (Å²) in [6, 6.07) is 5.94. The van der Waals surface area contributed by atoms with Crippen molar-refractivity contribution in [2.45, 2.75) is 6.42 Å². The Kier molecular flexibility index (Phi) is 6.47. The zero-order valence-corrected chi connectivity index (χ0v) is 12.1. The van der Waals surface area contributed by atoms with Crippen LogP contribution in [0.5, 0.6) is 5.75 Å². The van der Waals surface area contributed by atoms with Crippen molar-refractivity contribution in [3.63, 3.8) is 0 Å². The number of carboxylic acids is 1. The number of carboxylic acid groups (broad SMARTS) is 1. The maximum atomic E-state index is 11.6. The van der Waals surface area contributed by atoms with E-state index in [1.165, 1.54) is 19.2 Å². The SMILES string of the molecule is COCCCS(=O)(=O)CCOc1cccc(C(=O)O)c1. The topological polar surface area (TPSA) is 89.9 Å². The molecule has 0 aromatic heterocycles. The molecule has 0 saturated carbocycles. The largest absolute Gasteiger partial charge is 0.493 e. The second kappa shape index (κ2) is 7.86. The van der Waals surface area contributed by atoms with Crippen LogP contribution in [0.4, 0.5) is 0 Å². The van der Waals surface area contributed by atoms with Crippen LogP contribution < -0.4 is 4.74 Å². The molecule has 0 radical (unpaired) electrons. The minimum Gasteiger partial charge on any atom is -0.493 e. The number of benzene rings is 1. The number of methoxy groups -OCH3 is 1. The smallest absolute Gasteiger partial charge is 0.335 e. The quantitative estimate of drug-likeness (QED) is 0.690. The van der Waals surface area contributed by atoms with Gasteiger partial charge in [-0.2, -0.15) is 0 Å². The number of rotatable bonds is 9. The van der Waals surface area contributed by atoms with E-state index in [9.17, 15) is 13.2 Å². The fraction of sp³-hybridized carbons (Fsp3) is 0.462. The van der Waals surface area contributed by atoms with Crippen LogP contribution in [-0.4, -0.2) is 51.3 Å². The van der Waals surface area contributed by atoms with Crippen molar-refractivity contribution in [2.24, 2.45) is 0 Å². The zero-order chi connectivity index (χ0) is 15.0. The Balaban J connectivity index is 2.44. The van der Waals surface area contributed by atoms with Gasteiger partial charge in [-0.1, -0.05) is 6.07 Å². The molecule has 0 unspecified atom stereocenters. The molecule has 0 amide bonds. The van der Waals surface area contributed by atoms with Crippen molar-refractivity contribution in [2.75, 3.05) is 31.8 Å². The Hall–Kier alpha value is -1.60. The van der Waals surface area contributed by atoms with Gasteiger partial charge in [-0.25, -0.2) is 13.2 Å². The molecule has 0 aliphatic carbocycles. The van der Waals surface area contributed by atoms with E-state index in [-0.39, 0.29) is 23.7 Å². The van der Waals surface area contributed by atoms with Crippen molar-refractivity contribution >= 4 is 15.8 Å². The van der Waals surface area contributed by atoms with Gasteiger partial charge >= 0.3 is 5.97 Å². The first-order valence-electron chi connectivity index (χ1n) is 6.10. The molecular weight excluding hydrogens is 284 g/mol.